The number of rotatable bonds is 21. The summed E-state index contributed by atoms with van der Waals surface area (Å²) < 4.78 is 15.6. The van der Waals surface area contributed by atoms with E-state index in [0.29, 0.717) is 12.8 Å². The van der Waals surface area contributed by atoms with E-state index >= 15 is 0 Å². The van der Waals surface area contributed by atoms with Gasteiger partial charge in [-0.1, -0.05) is 65.2 Å². The van der Waals surface area contributed by atoms with E-state index in [1.165, 1.54) is 52.4 Å². The molecule has 0 spiro atoms. The molecule has 3 atom stereocenters. The molecule has 0 aliphatic heterocycles. The fourth-order valence-corrected chi connectivity index (χ4v) is 3.81. The lowest BCUT2D eigenvalue weighted by atomic mass is 9.99. The number of esters is 3. The molecule has 0 aromatic rings. The molecule has 0 saturated heterocycles. The van der Waals surface area contributed by atoms with Crippen LogP contribution in [0.15, 0.2) is 0 Å². The fourth-order valence-electron chi connectivity index (χ4n) is 3.81. The predicted molar refractivity (Wildman–Crippen MR) is 130 cm³/mol. The van der Waals surface area contributed by atoms with Gasteiger partial charge in [0.1, 0.15) is 18.3 Å². The maximum absolute atomic E-state index is 12.1. The van der Waals surface area contributed by atoms with Crippen LogP contribution in [0.25, 0.3) is 0 Å². The van der Waals surface area contributed by atoms with E-state index in [-0.39, 0.29) is 18.5 Å². The van der Waals surface area contributed by atoms with Crippen LogP contribution in [0, 0.1) is 5.92 Å². The highest BCUT2D eigenvalue weighted by molar-refractivity contribution is 5.71. The van der Waals surface area contributed by atoms with Gasteiger partial charge < -0.3 is 24.4 Å². The molecule has 0 aromatic carbocycles. The van der Waals surface area contributed by atoms with Gasteiger partial charge in [-0.3, -0.25) is 14.4 Å². The molecule has 0 aliphatic rings. The fraction of sp³-hybridized carbons (Fsp3) is 0.885. The van der Waals surface area contributed by atoms with Crippen LogP contribution < -0.4 is 0 Å². The normalized spacial score (nSPS) is 13.9. The Labute approximate surface area is 205 Å². The van der Waals surface area contributed by atoms with Gasteiger partial charge in [-0.2, -0.15) is 0 Å². The summed E-state index contributed by atoms with van der Waals surface area (Å²) >= 11 is 0. The maximum Gasteiger partial charge on any atom is 0.309 e. The standard InChI is InChI=1S/C26H48O8/c1-5-20(2)13-11-9-7-6-8-10-12-14-23(32-21(3)29)15-16-24(33-22(4)30)17-26(31)34-25(18-27)19-28/h20,23-25,27-28H,5-19H2,1-4H3/t20?,23-,24+/m0/s1. The van der Waals surface area contributed by atoms with Crippen LogP contribution >= 0.6 is 0 Å². The topological polar surface area (TPSA) is 119 Å². The summed E-state index contributed by atoms with van der Waals surface area (Å²) in [5.74, 6) is -0.731. The molecule has 0 rings (SSSR count). The van der Waals surface area contributed by atoms with E-state index in [1.807, 2.05) is 0 Å². The van der Waals surface area contributed by atoms with Crippen LogP contribution in [0.2, 0.25) is 0 Å². The molecule has 34 heavy (non-hydrogen) atoms. The van der Waals surface area contributed by atoms with Crippen molar-refractivity contribution in [2.24, 2.45) is 5.92 Å². The van der Waals surface area contributed by atoms with Crippen LogP contribution in [-0.4, -0.2) is 59.6 Å². The number of aliphatic hydroxyl groups excluding tert-OH is 2. The third kappa shape index (κ3) is 18.7. The minimum Gasteiger partial charge on any atom is -0.463 e. The van der Waals surface area contributed by atoms with E-state index in [4.69, 9.17) is 24.4 Å². The Hall–Kier alpha value is -1.67. The summed E-state index contributed by atoms with van der Waals surface area (Å²) in [6.07, 6.45) is 10.1. The molecule has 200 valence electrons. The van der Waals surface area contributed by atoms with Crippen LogP contribution in [0.1, 0.15) is 111 Å². The first kappa shape index (κ1) is 32.3. The first-order chi connectivity index (χ1) is 16.2. The predicted octanol–water partition coefficient (Wildman–Crippen LogP) is 4.47. The van der Waals surface area contributed by atoms with Gasteiger partial charge in [0.15, 0.2) is 0 Å². The zero-order valence-corrected chi connectivity index (χ0v) is 21.8. The van der Waals surface area contributed by atoms with Crippen LogP contribution in [0.3, 0.4) is 0 Å². The van der Waals surface area contributed by atoms with Crippen LogP contribution in [0.4, 0.5) is 0 Å². The molecule has 2 N–H and O–H groups in total. The molecular weight excluding hydrogens is 440 g/mol. The molecule has 0 amide bonds. The van der Waals surface area contributed by atoms with Gasteiger partial charge >= 0.3 is 17.9 Å². The molecule has 0 bridgehead atoms. The van der Waals surface area contributed by atoms with Crippen LogP contribution in [-0.2, 0) is 28.6 Å². The average Bonchev–Trinajstić information content (AvgIpc) is 2.78. The van der Waals surface area contributed by atoms with Gasteiger partial charge in [0.2, 0.25) is 0 Å². The monoisotopic (exact) mass is 488 g/mol. The summed E-state index contributed by atoms with van der Waals surface area (Å²) in [5, 5.41) is 18.1. The third-order valence-corrected chi connectivity index (χ3v) is 6.00. The van der Waals surface area contributed by atoms with E-state index in [9.17, 15) is 14.4 Å². The Bertz CT molecular complexity index is 547. The van der Waals surface area contributed by atoms with Gasteiger partial charge in [-0.25, -0.2) is 0 Å². The molecular formula is C26H48O8. The van der Waals surface area contributed by atoms with Crippen molar-refractivity contribution >= 4 is 17.9 Å². The zero-order chi connectivity index (χ0) is 25.8. The van der Waals surface area contributed by atoms with Crippen molar-refractivity contribution < 1.29 is 38.8 Å². The number of ether oxygens (including phenoxy) is 3. The quantitative estimate of drug-likeness (QED) is 0.138. The van der Waals surface area contributed by atoms with Crippen molar-refractivity contribution in [3.05, 3.63) is 0 Å². The SMILES string of the molecule is CCC(C)CCCCCCCCC[C@@H](CC[C@H](CC(=O)OC(CO)CO)OC(C)=O)OC(C)=O. The molecule has 8 nitrogen and oxygen atoms in total. The third-order valence-electron chi connectivity index (χ3n) is 6.00. The molecule has 0 radical (unpaired) electrons. The molecule has 0 saturated carbocycles. The second-order valence-corrected chi connectivity index (χ2v) is 9.29. The van der Waals surface area contributed by atoms with Gasteiger partial charge in [-0.15, -0.1) is 0 Å². The zero-order valence-electron chi connectivity index (χ0n) is 21.8. The Morgan fingerprint density at radius 1 is 0.647 bits per heavy atom. The summed E-state index contributed by atoms with van der Waals surface area (Å²) in [6.45, 7) is 6.20. The highest BCUT2D eigenvalue weighted by atomic mass is 16.6. The Kier molecular flexibility index (Phi) is 19.7. The van der Waals surface area contributed by atoms with Crippen molar-refractivity contribution in [1.82, 2.24) is 0 Å². The second-order valence-electron chi connectivity index (χ2n) is 9.29. The number of hydrogen-bond acceptors (Lipinski definition) is 8. The lowest BCUT2D eigenvalue weighted by molar-refractivity contribution is -0.161. The summed E-state index contributed by atoms with van der Waals surface area (Å²) in [5.41, 5.74) is 0. The number of aliphatic hydroxyl groups is 2. The largest absolute Gasteiger partial charge is 0.463 e. The van der Waals surface area contributed by atoms with E-state index < -0.39 is 37.4 Å². The minimum absolute atomic E-state index is 0.195. The summed E-state index contributed by atoms with van der Waals surface area (Å²) in [6, 6.07) is 0. The van der Waals surface area contributed by atoms with E-state index in [0.717, 1.165) is 31.6 Å². The van der Waals surface area contributed by atoms with E-state index in [2.05, 4.69) is 13.8 Å². The lowest BCUT2D eigenvalue weighted by Gasteiger charge is -2.22. The molecule has 0 heterocycles. The van der Waals surface area contributed by atoms with Crippen molar-refractivity contribution in [2.45, 2.75) is 129 Å². The number of carbonyl (C=O) groups is 3. The maximum atomic E-state index is 12.1. The molecule has 1 unspecified atom stereocenters. The highest BCUT2D eigenvalue weighted by Gasteiger charge is 2.23. The number of hydrogen-bond donors (Lipinski definition) is 2. The molecule has 0 fully saturated rings. The van der Waals surface area contributed by atoms with Gasteiger partial charge in [-0.05, 0) is 31.6 Å². The van der Waals surface area contributed by atoms with Crippen molar-refractivity contribution in [3.8, 4) is 0 Å². The molecule has 8 heteroatoms. The lowest BCUT2D eigenvalue weighted by Crippen LogP contribution is -2.29. The van der Waals surface area contributed by atoms with Crippen molar-refractivity contribution in [3.63, 3.8) is 0 Å². The van der Waals surface area contributed by atoms with Gasteiger partial charge in [0.25, 0.3) is 0 Å². The summed E-state index contributed by atoms with van der Waals surface area (Å²) in [4.78, 5) is 35.0. The Morgan fingerprint density at radius 2 is 1.12 bits per heavy atom. The first-order valence-electron chi connectivity index (χ1n) is 13.0. The first-order valence-corrected chi connectivity index (χ1v) is 13.0. The number of carbonyl (C=O) groups excluding carboxylic acids is 3. The molecule has 0 aliphatic carbocycles. The summed E-state index contributed by atoms with van der Waals surface area (Å²) in [7, 11) is 0. The van der Waals surface area contributed by atoms with Crippen LogP contribution in [0.5, 0.6) is 0 Å². The van der Waals surface area contributed by atoms with Crippen molar-refractivity contribution in [1.29, 1.82) is 0 Å². The highest BCUT2D eigenvalue weighted by Crippen LogP contribution is 2.19. The Morgan fingerprint density at radius 3 is 1.62 bits per heavy atom. The minimum atomic E-state index is -1.00. The Balaban J connectivity index is 4.39. The van der Waals surface area contributed by atoms with E-state index in [1.54, 1.807) is 0 Å². The second kappa shape index (κ2) is 20.7. The smallest absolute Gasteiger partial charge is 0.309 e. The molecule has 0 aromatic heterocycles. The van der Waals surface area contributed by atoms with Gasteiger partial charge in [0, 0.05) is 13.8 Å². The van der Waals surface area contributed by atoms with Crippen molar-refractivity contribution in [2.75, 3.05) is 13.2 Å². The van der Waals surface area contributed by atoms with Gasteiger partial charge in [0.05, 0.1) is 19.6 Å². The average molecular weight is 489 g/mol. The number of unbranched alkanes of at least 4 members (excludes halogenated alkanes) is 6.